The molecule has 92 valence electrons. The highest BCUT2D eigenvalue weighted by molar-refractivity contribution is 14.1. The number of benzene rings is 1. The monoisotopic (exact) mass is 343 g/mol. The predicted molar refractivity (Wildman–Crippen MR) is 78.3 cm³/mol. The fraction of sp³-hybridized carbons (Fsp3) is 0.500. The van der Waals surface area contributed by atoms with E-state index in [1.165, 1.54) is 22.0 Å². The van der Waals surface area contributed by atoms with Gasteiger partial charge in [-0.1, -0.05) is 18.9 Å². The van der Waals surface area contributed by atoms with Crippen molar-refractivity contribution in [3.05, 3.63) is 32.9 Å². The summed E-state index contributed by atoms with van der Waals surface area (Å²) in [6, 6.07) is 5.99. The van der Waals surface area contributed by atoms with Crippen molar-refractivity contribution in [1.29, 1.82) is 0 Å². The molecule has 0 aromatic heterocycles. The molecular weight excluding hydrogens is 325 g/mol. The average Bonchev–Trinajstić information content (AvgIpc) is 2.60. The molecule has 17 heavy (non-hydrogen) atoms. The Morgan fingerprint density at radius 3 is 2.41 bits per heavy atom. The number of carbonyl (C=O) groups excluding carboxylic acids is 1. The second kappa shape index (κ2) is 5.85. The summed E-state index contributed by atoms with van der Waals surface area (Å²) in [5.41, 5.74) is 2.07. The molecule has 0 aliphatic carbocycles. The first-order valence-corrected chi connectivity index (χ1v) is 7.32. The third-order valence-electron chi connectivity index (χ3n) is 3.31. The number of hydrogen-bond acceptors (Lipinski definition) is 1. The van der Waals surface area contributed by atoms with Crippen LogP contribution in [0.5, 0.6) is 0 Å². The standard InChI is InChI=1S/C14H18INO/c1-11-6-7-12(10-13(11)15)14(17)16-8-4-2-3-5-9-16/h6-7,10H,2-5,8-9H2,1H3. The number of carbonyl (C=O) groups is 1. The molecule has 0 bridgehead atoms. The number of nitrogens with zero attached hydrogens (tertiary/aromatic N) is 1. The first kappa shape index (κ1) is 12.9. The van der Waals surface area contributed by atoms with Crippen LogP contribution in [0, 0.1) is 10.5 Å². The summed E-state index contributed by atoms with van der Waals surface area (Å²) >= 11 is 2.29. The van der Waals surface area contributed by atoms with Gasteiger partial charge < -0.3 is 4.90 Å². The van der Waals surface area contributed by atoms with Crippen molar-refractivity contribution in [1.82, 2.24) is 4.90 Å². The average molecular weight is 343 g/mol. The zero-order valence-electron chi connectivity index (χ0n) is 10.2. The molecule has 1 saturated heterocycles. The molecule has 0 N–H and O–H groups in total. The van der Waals surface area contributed by atoms with E-state index in [0.29, 0.717) is 0 Å². The van der Waals surface area contributed by atoms with Crippen LogP contribution in [0.3, 0.4) is 0 Å². The lowest BCUT2D eigenvalue weighted by molar-refractivity contribution is 0.0761. The molecule has 0 unspecified atom stereocenters. The van der Waals surface area contributed by atoms with Gasteiger partial charge in [0.15, 0.2) is 0 Å². The lowest BCUT2D eigenvalue weighted by atomic mass is 10.1. The van der Waals surface area contributed by atoms with E-state index in [4.69, 9.17) is 0 Å². The minimum Gasteiger partial charge on any atom is -0.339 e. The van der Waals surface area contributed by atoms with E-state index < -0.39 is 0 Å². The molecule has 0 atom stereocenters. The third-order valence-corrected chi connectivity index (χ3v) is 4.47. The van der Waals surface area contributed by atoms with Crippen molar-refractivity contribution in [3.8, 4) is 0 Å². The number of rotatable bonds is 1. The molecule has 1 heterocycles. The minimum absolute atomic E-state index is 0.199. The molecule has 1 aliphatic heterocycles. The van der Waals surface area contributed by atoms with Crippen LogP contribution in [0.25, 0.3) is 0 Å². The van der Waals surface area contributed by atoms with Crippen molar-refractivity contribution in [3.63, 3.8) is 0 Å². The molecule has 1 aromatic carbocycles. The van der Waals surface area contributed by atoms with E-state index in [-0.39, 0.29) is 5.91 Å². The summed E-state index contributed by atoms with van der Waals surface area (Å²) in [5.74, 6) is 0.199. The highest BCUT2D eigenvalue weighted by Crippen LogP contribution is 2.17. The van der Waals surface area contributed by atoms with Crippen LogP contribution in [0.1, 0.15) is 41.6 Å². The van der Waals surface area contributed by atoms with Crippen LogP contribution in [0.4, 0.5) is 0 Å². The van der Waals surface area contributed by atoms with E-state index in [1.807, 2.05) is 23.1 Å². The topological polar surface area (TPSA) is 20.3 Å². The molecular formula is C14H18INO. The third kappa shape index (κ3) is 3.21. The lowest BCUT2D eigenvalue weighted by Crippen LogP contribution is -2.31. The van der Waals surface area contributed by atoms with Crippen LogP contribution < -0.4 is 0 Å². The van der Waals surface area contributed by atoms with Gasteiger partial charge in [0.2, 0.25) is 0 Å². The quantitative estimate of drug-likeness (QED) is 0.714. The SMILES string of the molecule is Cc1ccc(C(=O)N2CCCCCC2)cc1I. The molecule has 2 rings (SSSR count). The summed E-state index contributed by atoms with van der Waals surface area (Å²) < 4.78 is 1.17. The summed E-state index contributed by atoms with van der Waals surface area (Å²) in [6.07, 6.45) is 4.81. The maximum absolute atomic E-state index is 12.3. The number of halogens is 1. The van der Waals surface area contributed by atoms with Crippen LogP contribution in [-0.4, -0.2) is 23.9 Å². The number of amides is 1. The van der Waals surface area contributed by atoms with Gasteiger partial charge in [0, 0.05) is 22.2 Å². The van der Waals surface area contributed by atoms with Crippen molar-refractivity contribution in [2.24, 2.45) is 0 Å². The normalized spacial score (nSPS) is 16.7. The molecule has 0 spiro atoms. The van der Waals surface area contributed by atoms with Crippen molar-refractivity contribution < 1.29 is 4.79 Å². The Labute approximate surface area is 117 Å². The van der Waals surface area contributed by atoms with E-state index in [9.17, 15) is 4.79 Å². The zero-order valence-corrected chi connectivity index (χ0v) is 12.4. The Hall–Kier alpha value is -0.580. The number of hydrogen-bond donors (Lipinski definition) is 0. The van der Waals surface area contributed by atoms with Crippen molar-refractivity contribution in [2.45, 2.75) is 32.6 Å². The molecule has 1 amide bonds. The molecule has 3 heteroatoms. The fourth-order valence-corrected chi connectivity index (χ4v) is 2.70. The second-order valence-corrected chi connectivity index (χ2v) is 5.83. The second-order valence-electron chi connectivity index (χ2n) is 4.67. The Bertz CT molecular complexity index is 409. The highest BCUT2D eigenvalue weighted by Gasteiger charge is 2.17. The maximum atomic E-state index is 12.3. The molecule has 1 fully saturated rings. The number of aryl methyl sites for hydroxylation is 1. The maximum Gasteiger partial charge on any atom is 0.253 e. The summed E-state index contributed by atoms with van der Waals surface area (Å²) in [7, 11) is 0. The van der Waals surface area contributed by atoms with E-state index in [1.54, 1.807) is 0 Å². The van der Waals surface area contributed by atoms with Gasteiger partial charge in [-0.25, -0.2) is 0 Å². The molecule has 1 aromatic rings. The van der Waals surface area contributed by atoms with E-state index in [2.05, 4.69) is 29.5 Å². The van der Waals surface area contributed by atoms with Gasteiger partial charge in [-0.15, -0.1) is 0 Å². The first-order valence-electron chi connectivity index (χ1n) is 6.24. The van der Waals surface area contributed by atoms with E-state index >= 15 is 0 Å². The highest BCUT2D eigenvalue weighted by atomic mass is 127. The van der Waals surface area contributed by atoms with Gasteiger partial charge in [0.05, 0.1) is 0 Å². The van der Waals surface area contributed by atoms with Gasteiger partial charge >= 0.3 is 0 Å². The molecule has 1 aliphatic rings. The molecule has 0 radical (unpaired) electrons. The van der Waals surface area contributed by atoms with Gasteiger partial charge in [-0.05, 0) is 60.1 Å². The van der Waals surface area contributed by atoms with Crippen LogP contribution in [0.15, 0.2) is 18.2 Å². The fourth-order valence-electron chi connectivity index (χ4n) is 2.18. The van der Waals surface area contributed by atoms with Crippen molar-refractivity contribution in [2.75, 3.05) is 13.1 Å². The van der Waals surface area contributed by atoms with Crippen LogP contribution in [0.2, 0.25) is 0 Å². The van der Waals surface area contributed by atoms with Gasteiger partial charge in [-0.3, -0.25) is 4.79 Å². The molecule has 0 saturated carbocycles. The Kier molecular flexibility index (Phi) is 4.42. The summed E-state index contributed by atoms with van der Waals surface area (Å²) in [6.45, 7) is 3.91. The smallest absolute Gasteiger partial charge is 0.253 e. The van der Waals surface area contributed by atoms with Gasteiger partial charge in [0.25, 0.3) is 5.91 Å². The minimum atomic E-state index is 0.199. The van der Waals surface area contributed by atoms with E-state index in [0.717, 1.165) is 31.5 Å². The van der Waals surface area contributed by atoms with Crippen molar-refractivity contribution >= 4 is 28.5 Å². The van der Waals surface area contributed by atoms with Crippen LogP contribution >= 0.6 is 22.6 Å². The Morgan fingerprint density at radius 2 is 1.82 bits per heavy atom. The van der Waals surface area contributed by atoms with Crippen LogP contribution in [-0.2, 0) is 0 Å². The lowest BCUT2D eigenvalue weighted by Gasteiger charge is -2.20. The zero-order chi connectivity index (χ0) is 12.3. The predicted octanol–water partition coefficient (Wildman–Crippen LogP) is 3.62. The Balaban J connectivity index is 2.14. The summed E-state index contributed by atoms with van der Waals surface area (Å²) in [5, 5.41) is 0. The Morgan fingerprint density at radius 1 is 1.18 bits per heavy atom. The largest absolute Gasteiger partial charge is 0.339 e. The molecule has 2 nitrogen and oxygen atoms in total. The number of likely N-dealkylation sites (tertiary alicyclic amines) is 1. The van der Waals surface area contributed by atoms with Gasteiger partial charge in [-0.2, -0.15) is 0 Å². The van der Waals surface area contributed by atoms with Gasteiger partial charge in [0.1, 0.15) is 0 Å². The summed E-state index contributed by atoms with van der Waals surface area (Å²) in [4.78, 5) is 14.3. The first-order chi connectivity index (χ1) is 8.18.